The van der Waals surface area contributed by atoms with Gasteiger partial charge >= 0.3 is 0 Å². The smallest absolute Gasteiger partial charge is 0.258 e. The van der Waals surface area contributed by atoms with E-state index in [2.05, 4.69) is 34.7 Å². The van der Waals surface area contributed by atoms with Crippen LogP contribution in [-0.2, 0) is 13.5 Å². The van der Waals surface area contributed by atoms with Gasteiger partial charge in [-0.1, -0.05) is 30.3 Å². The number of hydrogen-bond donors (Lipinski definition) is 1. The van der Waals surface area contributed by atoms with Crippen molar-refractivity contribution < 1.29 is 9.53 Å². The van der Waals surface area contributed by atoms with Crippen LogP contribution in [0.4, 0.5) is 0 Å². The number of ether oxygens (including phenoxy) is 1. The molecule has 5 nitrogen and oxygen atoms in total. The molecule has 4 saturated carbocycles. The minimum Gasteiger partial charge on any atom is -0.477 e. The first-order valence-corrected chi connectivity index (χ1v) is 11.7. The number of carbonyl (C=O) groups is 1. The summed E-state index contributed by atoms with van der Waals surface area (Å²) in [6.07, 6.45) is 11.4. The number of benzene rings is 1. The van der Waals surface area contributed by atoms with Gasteiger partial charge in [0, 0.05) is 13.1 Å². The van der Waals surface area contributed by atoms with Gasteiger partial charge in [0.1, 0.15) is 5.56 Å². The molecule has 0 aliphatic heterocycles. The van der Waals surface area contributed by atoms with Crippen molar-refractivity contribution >= 4 is 5.91 Å². The Bertz CT molecular complexity index is 848. The normalized spacial score (nSPS) is 29.2. The Morgan fingerprint density at radius 1 is 1.07 bits per heavy atom. The maximum atomic E-state index is 13.1. The van der Waals surface area contributed by atoms with Crippen molar-refractivity contribution in [2.24, 2.45) is 30.7 Å². The molecule has 1 amide bonds. The molecule has 0 radical (unpaired) electrons. The molecule has 4 aliphatic carbocycles. The lowest BCUT2D eigenvalue weighted by Crippen LogP contribution is -2.55. The maximum absolute atomic E-state index is 13.1. The fourth-order valence-electron chi connectivity index (χ4n) is 6.39. The average Bonchev–Trinajstić information content (AvgIpc) is 3.11. The third-order valence-corrected chi connectivity index (χ3v) is 7.59. The van der Waals surface area contributed by atoms with Gasteiger partial charge < -0.3 is 10.1 Å². The highest BCUT2D eigenvalue weighted by Gasteiger charge is 2.48. The number of hydrogen-bond acceptors (Lipinski definition) is 3. The van der Waals surface area contributed by atoms with Crippen molar-refractivity contribution in [3.8, 4) is 5.88 Å². The molecular weight excluding hydrogens is 374 g/mol. The molecule has 1 heterocycles. The van der Waals surface area contributed by atoms with E-state index in [0.717, 1.165) is 31.1 Å². The zero-order valence-corrected chi connectivity index (χ0v) is 17.9. The molecule has 2 aromatic rings. The zero-order chi connectivity index (χ0) is 20.5. The van der Waals surface area contributed by atoms with Crippen molar-refractivity contribution in [2.45, 2.75) is 57.4 Å². The Morgan fingerprint density at radius 3 is 2.47 bits per heavy atom. The highest BCUT2D eigenvalue weighted by Crippen LogP contribution is 2.53. The van der Waals surface area contributed by atoms with E-state index in [1.54, 1.807) is 10.9 Å². The molecule has 5 heteroatoms. The fraction of sp³-hybridized carbons (Fsp3) is 0.600. The fourth-order valence-corrected chi connectivity index (χ4v) is 6.39. The summed E-state index contributed by atoms with van der Waals surface area (Å²) in [7, 11) is 1.85. The molecule has 4 bridgehead atoms. The van der Waals surface area contributed by atoms with Crippen molar-refractivity contribution in [3.63, 3.8) is 0 Å². The monoisotopic (exact) mass is 407 g/mol. The molecule has 1 N–H and O–H groups in total. The topological polar surface area (TPSA) is 56.2 Å². The molecule has 160 valence electrons. The predicted molar refractivity (Wildman–Crippen MR) is 116 cm³/mol. The van der Waals surface area contributed by atoms with Crippen molar-refractivity contribution in [2.75, 3.05) is 6.61 Å². The molecule has 6 rings (SSSR count). The average molecular weight is 408 g/mol. The molecule has 4 fully saturated rings. The Labute approximate surface area is 179 Å². The highest BCUT2D eigenvalue weighted by molar-refractivity contribution is 5.96. The summed E-state index contributed by atoms with van der Waals surface area (Å²) in [6, 6.07) is 10.9. The quantitative estimate of drug-likeness (QED) is 0.661. The van der Waals surface area contributed by atoms with Crippen LogP contribution in [0.5, 0.6) is 5.88 Å². The van der Waals surface area contributed by atoms with Crippen LogP contribution in [0.3, 0.4) is 0 Å². The van der Waals surface area contributed by atoms with Crippen LogP contribution in [0.1, 0.15) is 60.9 Å². The molecular formula is C25H33N3O2. The first kappa shape index (κ1) is 19.7. The van der Waals surface area contributed by atoms with E-state index >= 15 is 0 Å². The standard InChI is InChI=1S/C25H33N3O2/c1-28-25(30-10-6-5-9-17-7-3-2-4-8-17)22(16-26-28)24(29)27-23-20-12-18-11-19(14-20)15-21(23)13-18/h2-4,7-8,16,18-21,23H,5-6,9-15H2,1H3,(H,27,29). The van der Waals surface area contributed by atoms with Gasteiger partial charge in [-0.15, -0.1) is 0 Å². The van der Waals surface area contributed by atoms with Gasteiger partial charge in [-0.25, -0.2) is 4.68 Å². The van der Waals surface area contributed by atoms with Crippen LogP contribution < -0.4 is 10.1 Å². The number of nitrogens with zero attached hydrogens (tertiary/aromatic N) is 2. The van der Waals surface area contributed by atoms with E-state index in [-0.39, 0.29) is 5.91 Å². The number of rotatable bonds is 8. The lowest BCUT2D eigenvalue weighted by atomic mass is 9.54. The van der Waals surface area contributed by atoms with Crippen LogP contribution >= 0.6 is 0 Å². The van der Waals surface area contributed by atoms with Crippen molar-refractivity contribution in [1.82, 2.24) is 15.1 Å². The van der Waals surface area contributed by atoms with E-state index in [9.17, 15) is 4.79 Å². The second kappa shape index (κ2) is 8.44. The lowest BCUT2D eigenvalue weighted by molar-refractivity contribution is -0.0120. The summed E-state index contributed by atoms with van der Waals surface area (Å²) in [5.74, 6) is 3.74. The summed E-state index contributed by atoms with van der Waals surface area (Å²) < 4.78 is 7.70. The lowest BCUT2D eigenvalue weighted by Gasteiger charge is -2.54. The Balaban J connectivity index is 1.15. The highest BCUT2D eigenvalue weighted by atomic mass is 16.5. The number of aryl methyl sites for hydroxylation is 2. The van der Waals surface area contributed by atoms with E-state index in [1.165, 1.54) is 37.7 Å². The van der Waals surface area contributed by atoms with Gasteiger partial charge in [-0.2, -0.15) is 5.10 Å². The summed E-state index contributed by atoms with van der Waals surface area (Å²) >= 11 is 0. The number of nitrogens with one attached hydrogen (secondary N) is 1. The summed E-state index contributed by atoms with van der Waals surface area (Å²) in [5.41, 5.74) is 1.93. The third-order valence-electron chi connectivity index (χ3n) is 7.59. The first-order chi connectivity index (χ1) is 14.7. The minimum atomic E-state index is -0.0140. The van der Waals surface area contributed by atoms with Gasteiger partial charge in [0.15, 0.2) is 0 Å². The van der Waals surface area contributed by atoms with E-state index < -0.39 is 0 Å². The minimum absolute atomic E-state index is 0.0140. The SMILES string of the molecule is Cn1ncc(C(=O)NC2C3CC4CC(C3)CC2C4)c1OCCCCc1ccccc1. The van der Waals surface area contributed by atoms with Crippen molar-refractivity contribution in [1.29, 1.82) is 0 Å². The number of carbonyl (C=O) groups excluding carboxylic acids is 1. The van der Waals surface area contributed by atoms with Crippen LogP contribution in [0.25, 0.3) is 0 Å². The first-order valence-electron chi connectivity index (χ1n) is 11.7. The van der Waals surface area contributed by atoms with Gasteiger partial charge in [0.25, 0.3) is 5.91 Å². The van der Waals surface area contributed by atoms with E-state index in [0.29, 0.717) is 35.9 Å². The Hall–Kier alpha value is -2.30. The van der Waals surface area contributed by atoms with Gasteiger partial charge in [0.2, 0.25) is 5.88 Å². The zero-order valence-electron chi connectivity index (χ0n) is 17.9. The Kier molecular flexibility index (Phi) is 5.53. The molecule has 1 aromatic carbocycles. The van der Waals surface area contributed by atoms with Gasteiger partial charge in [0.05, 0.1) is 12.8 Å². The number of unbranched alkanes of at least 4 members (excludes halogenated alkanes) is 1. The number of amides is 1. The largest absolute Gasteiger partial charge is 0.477 e. The van der Waals surface area contributed by atoms with Crippen LogP contribution in [0.15, 0.2) is 36.5 Å². The summed E-state index contributed by atoms with van der Waals surface area (Å²) in [5, 5.41) is 7.68. The van der Waals surface area contributed by atoms with Crippen molar-refractivity contribution in [3.05, 3.63) is 47.7 Å². The van der Waals surface area contributed by atoms with Gasteiger partial charge in [-0.05, 0) is 80.6 Å². The summed E-state index contributed by atoms with van der Waals surface area (Å²) in [6.45, 7) is 0.602. The second-order valence-corrected chi connectivity index (χ2v) is 9.71. The molecule has 0 unspecified atom stereocenters. The predicted octanol–water partition coefficient (Wildman–Crippen LogP) is 4.38. The van der Waals surface area contributed by atoms with E-state index in [1.807, 2.05) is 13.1 Å². The summed E-state index contributed by atoms with van der Waals surface area (Å²) in [4.78, 5) is 13.1. The molecule has 0 saturated heterocycles. The molecule has 0 atom stereocenters. The van der Waals surface area contributed by atoms with Gasteiger partial charge in [-0.3, -0.25) is 4.79 Å². The van der Waals surface area contributed by atoms with E-state index in [4.69, 9.17) is 4.74 Å². The molecule has 1 aromatic heterocycles. The number of aromatic nitrogens is 2. The Morgan fingerprint density at radius 2 is 1.77 bits per heavy atom. The molecule has 4 aliphatic rings. The third kappa shape index (κ3) is 3.99. The van der Waals surface area contributed by atoms with Crippen LogP contribution in [-0.4, -0.2) is 28.3 Å². The molecule has 30 heavy (non-hydrogen) atoms. The second-order valence-electron chi connectivity index (χ2n) is 9.71. The molecule has 0 spiro atoms. The maximum Gasteiger partial charge on any atom is 0.258 e. The van der Waals surface area contributed by atoms with Crippen LogP contribution in [0.2, 0.25) is 0 Å². The van der Waals surface area contributed by atoms with Crippen LogP contribution in [0, 0.1) is 23.7 Å².